The number of nitriles is 1. The van der Waals surface area contributed by atoms with Gasteiger partial charge in [-0.1, -0.05) is 12.1 Å². The Morgan fingerprint density at radius 3 is 2.33 bits per heavy atom. The summed E-state index contributed by atoms with van der Waals surface area (Å²) in [6, 6.07) is 10.2. The van der Waals surface area contributed by atoms with Crippen LogP contribution in [0.3, 0.4) is 0 Å². The van der Waals surface area contributed by atoms with Gasteiger partial charge in [-0.25, -0.2) is 0 Å². The van der Waals surface area contributed by atoms with E-state index in [2.05, 4.69) is 30.1 Å². The minimum absolute atomic E-state index is 0.689. The van der Waals surface area contributed by atoms with Crippen molar-refractivity contribution < 1.29 is 0 Å². The molecule has 1 aromatic rings. The summed E-state index contributed by atoms with van der Waals surface area (Å²) < 4.78 is 0. The molecular formula is C13H16N2. The summed E-state index contributed by atoms with van der Waals surface area (Å²) >= 11 is 0. The van der Waals surface area contributed by atoms with E-state index in [1.165, 1.54) is 31.5 Å². The van der Waals surface area contributed by atoms with Gasteiger partial charge in [0.15, 0.2) is 0 Å². The third kappa shape index (κ3) is 2.37. The van der Waals surface area contributed by atoms with Gasteiger partial charge in [-0.15, -0.1) is 0 Å². The lowest BCUT2D eigenvalue weighted by atomic mass is 9.89. The van der Waals surface area contributed by atoms with Gasteiger partial charge in [0.25, 0.3) is 0 Å². The van der Waals surface area contributed by atoms with Gasteiger partial charge in [0, 0.05) is 0 Å². The number of benzene rings is 1. The quantitative estimate of drug-likeness (QED) is 0.696. The Balaban J connectivity index is 2.07. The predicted octanol–water partition coefficient (Wildman–Crippen LogP) is 2.37. The molecule has 1 aliphatic heterocycles. The zero-order valence-corrected chi connectivity index (χ0v) is 9.11. The van der Waals surface area contributed by atoms with Gasteiger partial charge in [-0.3, -0.25) is 0 Å². The van der Waals surface area contributed by atoms with E-state index < -0.39 is 0 Å². The van der Waals surface area contributed by atoms with Gasteiger partial charge in [0.2, 0.25) is 0 Å². The fraction of sp³-hybridized carbons (Fsp3) is 0.462. The van der Waals surface area contributed by atoms with Crippen molar-refractivity contribution in [2.45, 2.75) is 18.8 Å². The Morgan fingerprint density at radius 1 is 1.20 bits per heavy atom. The maximum Gasteiger partial charge on any atom is 0.0991 e. The molecule has 1 heterocycles. The summed E-state index contributed by atoms with van der Waals surface area (Å²) in [6.45, 7) is 2.37. The molecule has 0 spiro atoms. The lowest BCUT2D eigenvalue weighted by Gasteiger charge is -2.29. The highest BCUT2D eigenvalue weighted by atomic mass is 15.1. The van der Waals surface area contributed by atoms with Crippen molar-refractivity contribution in [3.63, 3.8) is 0 Å². The van der Waals surface area contributed by atoms with Crippen molar-refractivity contribution in [1.82, 2.24) is 4.90 Å². The molecule has 0 bridgehead atoms. The van der Waals surface area contributed by atoms with Crippen LogP contribution in [0.2, 0.25) is 0 Å². The highest BCUT2D eigenvalue weighted by Gasteiger charge is 2.17. The van der Waals surface area contributed by atoms with Crippen molar-refractivity contribution in [3.8, 4) is 6.07 Å². The van der Waals surface area contributed by atoms with Crippen LogP contribution < -0.4 is 0 Å². The van der Waals surface area contributed by atoms with E-state index in [9.17, 15) is 0 Å². The number of piperidine rings is 1. The summed E-state index contributed by atoms with van der Waals surface area (Å²) in [7, 11) is 2.18. The fourth-order valence-electron chi connectivity index (χ4n) is 2.17. The van der Waals surface area contributed by atoms with Crippen molar-refractivity contribution in [1.29, 1.82) is 5.26 Å². The van der Waals surface area contributed by atoms with E-state index in [0.29, 0.717) is 5.92 Å². The maximum absolute atomic E-state index is 8.72. The SMILES string of the molecule is CN1CCC(c2ccc(C#N)cc2)CC1. The molecule has 0 unspecified atom stereocenters. The lowest BCUT2D eigenvalue weighted by molar-refractivity contribution is 0.255. The highest BCUT2D eigenvalue weighted by Crippen LogP contribution is 2.27. The Morgan fingerprint density at radius 2 is 1.80 bits per heavy atom. The summed E-state index contributed by atoms with van der Waals surface area (Å²) in [5, 5.41) is 8.72. The Labute approximate surface area is 91.1 Å². The number of rotatable bonds is 1. The first-order valence-corrected chi connectivity index (χ1v) is 5.48. The van der Waals surface area contributed by atoms with Crippen molar-refractivity contribution >= 4 is 0 Å². The first-order chi connectivity index (χ1) is 7.29. The number of hydrogen-bond acceptors (Lipinski definition) is 2. The van der Waals surface area contributed by atoms with Crippen LogP contribution in [-0.2, 0) is 0 Å². The second-order valence-electron chi connectivity index (χ2n) is 4.31. The van der Waals surface area contributed by atoms with Crippen LogP contribution in [0.15, 0.2) is 24.3 Å². The van der Waals surface area contributed by atoms with Crippen molar-refractivity contribution in [3.05, 3.63) is 35.4 Å². The molecule has 1 saturated heterocycles. The normalized spacial score (nSPS) is 18.7. The minimum atomic E-state index is 0.689. The first kappa shape index (κ1) is 10.2. The fourth-order valence-corrected chi connectivity index (χ4v) is 2.17. The second-order valence-corrected chi connectivity index (χ2v) is 4.31. The molecular weight excluding hydrogens is 184 g/mol. The molecule has 2 nitrogen and oxygen atoms in total. The molecule has 0 radical (unpaired) electrons. The number of nitrogens with zero attached hydrogens (tertiary/aromatic N) is 2. The Kier molecular flexibility index (Phi) is 3.03. The standard InChI is InChI=1S/C13H16N2/c1-15-8-6-13(7-9-15)12-4-2-11(10-14)3-5-12/h2-5,13H,6-9H2,1H3. The summed E-state index contributed by atoms with van der Waals surface area (Å²) in [5.74, 6) is 0.689. The van der Waals surface area contributed by atoms with Crippen LogP contribution in [0, 0.1) is 11.3 Å². The molecule has 0 aromatic heterocycles. The molecule has 2 rings (SSSR count). The van der Waals surface area contributed by atoms with E-state index in [-0.39, 0.29) is 0 Å². The first-order valence-electron chi connectivity index (χ1n) is 5.48. The Bertz CT molecular complexity index is 353. The smallest absolute Gasteiger partial charge is 0.0991 e. The van der Waals surface area contributed by atoms with Crippen LogP contribution in [0.5, 0.6) is 0 Å². The molecule has 15 heavy (non-hydrogen) atoms. The third-order valence-corrected chi connectivity index (χ3v) is 3.23. The molecule has 0 amide bonds. The van der Waals surface area contributed by atoms with Gasteiger partial charge in [-0.2, -0.15) is 5.26 Å². The zero-order chi connectivity index (χ0) is 10.7. The van der Waals surface area contributed by atoms with Crippen molar-refractivity contribution in [2.24, 2.45) is 0 Å². The Hall–Kier alpha value is -1.33. The monoisotopic (exact) mass is 200 g/mol. The highest BCUT2D eigenvalue weighted by molar-refractivity contribution is 5.33. The van der Waals surface area contributed by atoms with Gasteiger partial charge in [0.1, 0.15) is 0 Å². The van der Waals surface area contributed by atoms with E-state index in [1.807, 2.05) is 12.1 Å². The molecule has 78 valence electrons. The summed E-state index contributed by atoms with van der Waals surface area (Å²) in [6.07, 6.45) is 2.48. The van der Waals surface area contributed by atoms with Crippen molar-refractivity contribution in [2.75, 3.05) is 20.1 Å². The van der Waals surface area contributed by atoms with E-state index >= 15 is 0 Å². The van der Waals surface area contributed by atoms with E-state index in [4.69, 9.17) is 5.26 Å². The average molecular weight is 200 g/mol. The van der Waals surface area contributed by atoms with E-state index in [1.54, 1.807) is 0 Å². The van der Waals surface area contributed by atoms with Gasteiger partial charge >= 0.3 is 0 Å². The third-order valence-electron chi connectivity index (χ3n) is 3.23. The minimum Gasteiger partial charge on any atom is -0.306 e. The number of likely N-dealkylation sites (tertiary alicyclic amines) is 1. The molecule has 1 fully saturated rings. The summed E-state index contributed by atoms with van der Waals surface area (Å²) in [4.78, 5) is 2.38. The second kappa shape index (κ2) is 4.46. The van der Waals surface area contributed by atoms with Gasteiger partial charge in [0.05, 0.1) is 11.6 Å². The predicted molar refractivity (Wildman–Crippen MR) is 60.6 cm³/mol. The molecule has 0 saturated carbocycles. The topological polar surface area (TPSA) is 27.0 Å². The molecule has 1 aliphatic rings. The number of hydrogen-bond donors (Lipinski definition) is 0. The molecule has 0 aliphatic carbocycles. The molecule has 1 aromatic carbocycles. The maximum atomic E-state index is 8.72. The van der Waals surface area contributed by atoms with Crippen LogP contribution in [0.1, 0.15) is 29.9 Å². The summed E-state index contributed by atoms with van der Waals surface area (Å²) in [5.41, 5.74) is 2.15. The van der Waals surface area contributed by atoms with Crippen LogP contribution in [-0.4, -0.2) is 25.0 Å². The zero-order valence-electron chi connectivity index (χ0n) is 9.11. The van der Waals surface area contributed by atoms with Gasteiger partial charge < -0.3 is 4.90 Å². The van der Waals surface area contributed by atoms with Crippen LogP contribution in [0.25, 0.3) is 0 Å². The lowest BCUT2D eigenvalue weighted by Crippen LogP contribution is -2.29. The molecule has 0 N–H and O–H groups in total. The van der Waals surface area contributed by atoms with Crippen LogP contribution >= 0.6 is 0 Å². The molecule has 2 heteroatoms. The molecule has 0 atom stereocenters. The van der Waals surface area contributed by atoms with Crippen LogP contribution in [0.4, 0.5) is 0 Å². The van der Waals surface area contributed by atoms with Gasteiger partial charge in [-0.05, 0) is 56.6 Å². The average Bonchev–Trinajstić information content (AvgIpc) is 2.30. The largest absolute Gasteiger partial charge is 0.306 e. The van der Waals surface area contributed by atoms with E-state index in [0.717, 1.165) is 5.56 Å².